The first-order chi connectivity index (χ1) is 14.0. The Hall–Kier alpha value is -2.29. The van der Waals surface area contributed by atoms with E-state index in [1.54, 1.807) is 6.07 Å². The van der Waals surface area contributed by atoms with Crippen molar-refractivity contribution in [1.29, 1.82) is 0 Å². The van der Waals surface area contributed by atoms with Crippen LogP contribution in [0.1, 0.15) is 53.0 Å². The molecule has 1 N–H and O–H groups in total. The summed E-state index contributed by atoms with van der Waals surface area (Å²) in [4.78, 5) is 13.5. The maximum atomic E-state index is 13.5. The Balaban J connectivity index is 1.51. The van der Waals surface area contributed by atoms with Gasteiger partial charge in [-0.2, -0.15) is 0 Å². The molecule has 0 spiro atoms. The zero-order valence-corrected chi connectivity index (χ0v) is 17.6. The van der Waals surface area contributed by atoms with Crippen LogP contribution in [0.2, 0.25) is 10.0 Å². The zero-order chi connectivity index (χ0) is 20.2. The van der Waals surface area contributed by atoms with Gasteiger partial charge in [-0.1, -0.05) is 83.9 Å². The van der Waals surface area contributed by atoms with Crippen LogP contribution in [0.5, 0.6) is 0 Å². The van der Waals surface area contributed by atoms with Gasteiger partial charge in [-0.05, 0) is 47.2 Å². The zero-order valence-electron chi connectivity index (χ0n) is 16.1. The summed E-state index contributed by atoms with van der Waals surface area (Å²) >= 11 is 12.4. The second kappa shape index (κ2) is 6.90. The van der Waals surface area contributed by atoms with E-state index in [0.29, 0.717) is 16.6 Å². The van der Waals surface area contributed by atoms with Crippen LogP contribution >= 0.6 is 23.2 Å². The Morgan fingerprint density at radius 3 is 2.14 bits per heavy atom. The van der Waals surface area contributed by atoms with Gasteiger partial charge in [-0.25, -0.2) is 0 Å². The molecule has 0 saturated heterocycles. The highest BCUT2D eigenvalue weighted by Gasteiger charge is 2.53. The Morgan fingerprint density at radius 2 is 1.52 bits per heavy atom. The van der Waals surface area contributed by atoms with E-state index < -0.39 is 5.41 Å². The summed E-state index contributed by atoms with van der Waals surface area (Å²) in [6.45, 7) is 2.47. The predicted octanol–water partition coefficient (Wildman–Crippen LogP) is 6.30. The number of fused-ring (bicyclic) bond motifs is 1. The molecule has 2 nitrogen and oxygen atoms in total. The SMILES string of the molecule is C[C@@]1(C(=O)NCc2cccc(Cl)c2Cl)CC2c3ccccc3C1c1ccccc12. The van der Waals surface area contributed by atoms with Gasteiger partial charge in [0.05, 0.1) is 15.5 Å². The van der Waals surface area contributed by atoms with E-state index >= 15 is 0 Å². The summed E-state index contributed by atoms with van der Waals surface area (Å²) in [7, 11) is 0. The number of carbonyl (C=O) groups is 1. The summed E-state index contributed by atoms with van der Waals surface area (Å²) in [5.74, 6) is 0.361. The van der Waals surface area contributed by atoms with Gasteiger partial charge in [0.15, 0.2) is 0 Å². The number of benzene rings is 3. The molecule has 0 unspecified atom stereocenters. The van der Waals surface area contributed by atoms with Crippen molar-refractivity contribution in [3.8, 4) is 0 Å². The van der Waals surface area contributed by atoms with Gasteiger partial charge in [0.25, 0.3) is 0 Å². The van der Waals surface area contributed by atoms with Crippen LogP contribution in [0.15, 0.2) is 66.7 Å². The van der Waals surface area contributed by atoms with E-state index in [9.17, 15) is 4.79 Å². The quantitative estimate of drug-likeness (QED) is 0.528. The van der Waals surface area contributed by atoms with Gasteiger partial charge in [0.2, 0.25) is 5.91 Å². The van der Waals surface area contributed by atoms with Crippen LogP contribution in [0.25, 0.3) is 0 Å². The molecule has 1 amide bonds. The Bertz CT molecular complexity index is 1080. The van der Waals surface area contributed by atoms with E-state index in [2.05, 4.69) is 60.8 Å². The number of halogens is 2. The standard InChI is InChI=1S/C25H21Cl2NO/c1-25(24(29)28-14-15-7-6-12-21(26)23(15)27)13-20-16-8-2-4-10-18(16)22(25)19-11-5-3-9-17(19)20/h2-12,20,22H,13-14H2,1H3,(H,28,29)/t20?,22?,25-/m1/s1. The molecule has 1 atom stereocenters. The lowest BCUT2D eigenvalue weighted by Gasteiger charge is -2.50. The number of amides is 1. The summed E-state index contributed by atoms with van der Waals surface area (Å²) in [6, 6.07) is 22.6. The molecule has 3 aliphatic rings. The predicted molar refractivity (Wildman–Crippen MR) is 118 cm³/mol. The Labute approximate surface area is 180 Å². The molecule has 0 aliphatic heterocycles. The number of hydrogen-bond acceptors (Lipinski definition) is 1. The summed E-state index contributed by atoms with van der Waals surface area (Å²) in [6.07, 6.45) is 0.806. The molecule has 146 valence electrons. The number of hydrogen-bond donors (Lipinski definition) is 1. The average molecular weight is 422 g/mol. The maximum absolute atomic E-state index is 13.5. The molecule has 0 radical (unpaired) electrons. The first kappa shape index (κ1) is 18.7. The van der Waals surface area contributed by atoms with E-state index in [-0.39, 0.29) is 17.7 Å². The van der Waals surface area contributed by atoms with Crippen LogP contribution in [-0.4, -0.2) is 5.91 Å². The second-order valence-electron chi connectivity index (χ2n) is 8.26. The molecule has 0 aromatic heterocycles. The molecular formula is C25H21Cl2NO. The number of nitrogens with one attached hydrogen (secondary N) is 1. The molecule has 3 aromatic carbocycles. The monoisotopic (exact) mass is 421 g/mol. The molecule has 29 heavy (non-hydrogen) atoms. The fourth-order valence-corrected chi connectivity index (χ4v) is 5.64. The van der Waals surface area contributed by atoms with Crippen LogP contribution in [0.3, 0.4) is 0 Å². The van der Waals surface area contributed by atoms with Gasteiger partial charge < -0.3 is 5.32 Å². The van der Waals surface area contributed by atoms with Gasteiger partial charge in [-0.15, -0.1) is 0 Å². The highest BCUT2D eigenvalue weighted by Crippen LogP contribution is 2.60. The van der Waals surface area contributed by atoms with E-state index in [1.165, 1.54) is 22.3 Å². The lowest BCUT2D eigenvalue weighted by molar-refractivity contribution is -0.132. The number of carbonyl (C=O) groups excluding carboxylic acids is 1. The molecule has 3 aromatic rings. The van der Waals surface area contributed by atoms with Crippen LogP contribution < -0.4 is 5.32 Å². The molecule has 4 heteroatoms. The number of rotatable bonds is 3. The van der Waals surface area contributed by atoms with Crippen molar-refractivity contribution in [2.24, 2.45) is 5.41 Å². The highest BCUT2D eigenvalue weighted by atomic mass is 35.5. The summed E-state index contributed by atoms with van der Waals surface area (Å²) in [5, 5.41) is 4.15. The van der Waals surface area contributed by atoms with Gasteiger partial charge in [0.1, 0.15) is 0 Å². The fourth-order valence-electron chi connectivity index (χ4n) is 5.25. The lowest BCUT2D eigenvalue weighted by Crippen LogP contribution is -2.49. The van der Waals surface area contributed by atoms with Crippen molar-refractivity contribution in [2.45, 2.75) is 31.7 Å². The van der Waals surface area contributed by atoms with Crippen molar-refractivity contribution in [3.05, 3.63) is 105 Å². The van der Waals surface area contributed by atoms with Crippen molar-refractivity contribution in [2.75, 3.05) is 0 Å². The molecule has 3 aliphatic carbocycles. The molecular weight excluding hydrogens is 401 g/mol. The largest absolute Gasteiger partial charge is 0.351 e. The highest BCUT2D eigenvalue weighted by molar-refractivity contribution is 6.42. The third-order valence-corrected chi connectivity index (χ3v) is 7.48. The third kappa shape index (κ3) is 2.81. The van der Waals surface area contributed by atoms with Gasteiger partial charge in [0, 0.05) is 18.4 Å². The van der Waals surface area contributed by atoms with Crippen molar-refractivity contribution < 1.29 is 4.79 Å². The topological polar surface area (TPSA) is 29.1 Å². The van der Waals surface area contributed by atoms with Gasteiger partial charge in [-0.3, -0.25) is 4.79 Å². The van der Waals surface area contributed by atoms with Crippen LogP contribution in [-0.2, 0) is 11.3 Å². The minimum Gasteiger partial charge on any atom is -0.351 e. The van der Waals surface area contributed by atoms with Gasteiger partial charge >= 0.3 is 0 Å². The molecule has 0 saturated carbocycles. The van der Waals surface area contributed by atoms with Crippen LogP contribution in [0.4, 0.5) is 0 Å². The smallest absolute Gasteiger partial charge is 0.227 e. The molecule has 6 rings (SSSR count). The van der Waals surface area contributed by atoms with Crippen molar-refractivity contribution in [1.82, 2.24) is 5.32 Å². The van der Waals surface area contributed by atoms with E-state index in [0.717, 1.165) is 12.0 Å². The van der Waals surface area contributed by atoms with Crippen molar-refractivity contribution >= 4 is 29.1 Å². The average Bonchev–Trinajstić information content (AvgIpc) is 2.74. The van der Waals surface area contributed by atoms with Crippen LogP contribution in [0, 0.1) is 5.41 Å². The fraction of sp³-hybridized carbons (Fsp3) is 0.240. The van der Waals surface area contributed by atoms with E-state index in [1.807, 2.05) is 12.1 Å². The minimum atomic E-state index is -0.515. The Kier molecular flexibility index (Phi) is 4.45. The first-order valence-electron chi connectivity index (χ1n) is 9.89. The summed E-state index contributed by atoms with van der Waals surface area (Å²) in [5.41, 5.74) is 5.59. The first-order valence-corrected chi connectivity index (χ1v) is 10.6. The molecule has 2 bridgehead atoms. The summed E-state index contributed by atoms with van der Waals surface area (Å²) < 4.78 is 0. The normalized spacial score (nSPS) is 24.0. The van der Waals surface area contributed by atoms with Crippen molar-refractivity contribution in [3.63, 3.8) is 0 Å². The minimum absolute atomic E-state index is 0.0507. The lowest BCUT2D eigenvalue weighted by atomic mass is 9.52. The molecule has 0 heterocycles. The Morgan fingerprint density at radius 1 is 0.931 bits per heavy atom. The second-order valence-corrected chi connectivity index (χ2v) is 9.05. The third-order valence-electron chi connectivity index (χ3n) is 6.62. The van der Waals surface area contributed by atoms with E-state index in [4.69, 9.17) is 23.2 Å². The maximum Gasteiger partial charge on any atom is 0.227 e. The molecule has 0 fully saturated rings.